The Morgan fingerprint density at radius 1 is 0.538 bits per heavy atom. The van der Waals surface area contributed by atoms with Gasteiger partial charge in [0.15, 0.2) is 0 Å². The molecule has 0 spiro atoms. The van der Waals surface area contributed by atoms with E-state index in [1.54, 1.807) is 12.3 Å². The smallest absolute Gasteiger partial charge is 0.144 e. The Kier molecular flexibility index (Phi) is 4.65. The number of fused-ring (bicyclic) bond motifs is 6. The lowest BCUT2D eigenvalue weighted by Crippen LogP contribution is -2.30. The van der Waals surface area contributed by atoms with Gasteiger partial charge in [0.1, 0.15) is 17.0 Å². The zero-order valence-corrected chi connectivity index (χ0v) is 20.9. The number of rotatable bonds is 3. The van der Waals surface area contributed by atoms with Gasteiger partial charge in [0.2, 0.25) is 0 Å². The van der Waals surface area contributed by atoms with E-state index in [-0.39, 0.29) is 5.82 Å². The highest BCUT2D eigenvalue weighted by Crippen LogP contribution is 2.58. The number of aromatic nitrogens is 1. The summed E-state index contributed by atoms with van der Waals surface area (Å²) in [5.74, 6) is -0.295. The lowest BCUT2D eigenvalue weighted by Gasteiger charge is -2.33. The normalized spacial score (nSPS) is 13.5. The molecule has 0 saturated carbocycles. The minimum absolute atomic E-state index is 0.295. The van der Waals surface area contributed by atoms with E-state index < -0.39 is 5.41 Å². The summed E-state index contributed by atoms with van der Waals surface area (Å²) in [6, 6.07) is 42.3. The largest absolute Gasteiger partial charge is 0.455 e. The maximum Gasteiger partial charge on any atom is 0.144 e. The first-order chi connectivity index (χ1) is 19.3. The Morgan fingerprint density at radius 2 is 1.18 bits per heavy atom. The summed E-state index contributed by atoms with van der Waals surface area (Å²) in [5.41, 5.74) is 7.93. The van der Waals surface area contributed by atoms with Crippen molar-refractivity contribution in [2.24, 2.45) is 0 Å². The number of para-hydroxylation sites is 1. The van der Waals surface area contributed by atoms with E-state index in [1.807, 2.05) is 84.9 Å². The van der Waals surface area contributed by atoms with Crippen LogP contribution in [0.1, 0.15) is 22.3 Å². The molecule has 0 fully saturated rings. The standard InChI is InChI=1S/C36H22FNO/c37-31-21-20-27-26-15-10-16-28(32-19-8-9-22-38-32)34(26)39-35(27)33(31)36(23-11-2-1-3-12-23)29-17-6-4-13-24(29)25-14-5-7-18-30(25)36/h1-22H. The molecule has 0 amide bonds. The summed E-state index contributed by atoms with van der Waals surface area (Å²) in [4.78, 5) is 4.57. The van der Waals surface area contributed by atoms with E-state index >= 15 is 4.39 Å². The minimum atomic E-state index is -0.892. The van der Waals surface area contributed by atoms with Crippen LogP contribution in [0.5, 0.6) is 0 Å². The molecular formula is C36H22FNO. The predicted molar refractivity (Wildman–Crippen MR) is 154 cm³/mol. The van der Waals surface area contributed by atoms with Gasteiger partial charge >= 0.3 is 0 Å². The molecular weight excluding hydrogens is 481 g/mol. The molecule has 1 aliphatic carbocycles. The Hall–Kier alpha value is -5.02. The Balaban J connectivity index is 1.57. The average molecular weight is 504 g/mol. The molecule has 0 radical (unpaired) electrons. The summed E-state index contributed by atoms with van der Waals surface area (Å²) in [6.07, 6.45) is 1.78. The zero-order valence-electron chi connectivity index (χ0n) is 20.9. The molecule has 0 saturated heterocycles. The lowest BCUT2D eigenvalue weighted by molar-refractivity contribution is 0.572. The predicted octanol–water partition coefficient (Wildman–Crippen LogP) is 9.15. The Bertz CT molecular complexity index is 1980. The van der Waals surface area contributed by atoms with Crippen LogP contribution < -0.4 is 0 Å². The fourth-order valence-corrected chi connectivity index (χ4v) is 6.56. The second-order valence-corrected chi connectivity index (χ2v) is 10.0. The summed E-state index contributed by atoms with van der Waals surface area (Å²) < 4.78 is 23.3. The molecule has 0 N–H and O–H groups in total. The van der Waals surface area contributed by atoms with Crippen molar-refractivity contribution in [1.29, 1.82) is 0 Å². The SMILES string of the molecule is Fc1ccc2c(oc3c(-c4ccccn4)cccc32)c1C1(c2ccccc2)c2ccccc2-c2ccccc21. The van der Waals surface area contributed by atoms with Crippen LogP contribution >= 0.6 is 0 Å². The van der Waals surface area contributed by atoms with E-state index in [2.05, 4.69) is 41.4 Å². The van der Waals surface area contributed by atoms with E-state index in [4.69, 9.17) is 4.42 Å². The number of nitrogens with zero attached hydrogens (tertiary/aromatic N) is 1. The first-order valence-corrected chi connectivity index (χ1v) is 13.1. The monoisotopic (exact) mass is 503 g/mol. The fourth-order valence-electron chi connectivity index (χ4n) is 6.56. The molecule has 7 aromatic rings. The van der Waals surface area contributed by atoms with E-state index in [0.717, 1.165) is 49.8 Å². The van der Waals surface area contributed by atoms with Gasteiger partial charge in [-0.15, -0.1) is 0 Å². The highest BCUT2D eigenvalue weighted by Gasteiger charge is 2.49. The topological polar surface area (TPSA) is 26.0 Å². The lowest BCUT2D eigenvalue weighted by atomic mass is 9.67. The maximum atomic E-state index is 16.6. The number of hydrogen-bond donors (Lipinski definition) is 0. The summed E-state index contributed by atoms with van der Waals surface area (Å²) >= 11 is 0. The van der Waals surface area contributed by atoms with E-state index in [1.165, 1.54) is 0 Å². The molecule has 0 aliphatic heterocycles. The molecule has 1 aliphatic rings. The second-order valence-electron chi connectivity index (χ2n) is 10.0. The third kappa shape index (κ3) is 2.93. The van der Waals surface area contributed by atoms with Gasteiger partial charge in [-0.1, -0.05) is 97.1 Å². The molecule has 0 unspecified atom stereocenters. The van der Waals surface area contributed by atoms with Gasteiger partial charge < -0.3 is 4.42 Å². The van der Waals surface area contributed by atoms with Gasteiger partial charge in [0.05, 0.1) is 16.7 Å². The molecule has 5 aromatic carbocycles. The third-order valence-corrected chi connectivity index (χ3v) is 8.09. The van der Waals surface area contributed by atoms with Crippen LogP contribution in [0.15, 0.2) is 138 Å². The van der Waals surface area contributed by atoms with Crippen molar-refractivity contribution in [2.75, 3.05) is 0 Å². The highest BCUT2D eigenvalue weighted by atomic mass is 19.1. The fraction of sp³-hybridized carbons (Fsp3) is 0.0278. The van der Waals surface area contributed by atoms with Crippen LogP contribution in [0.4, 0.5) is 4.39 Å². The Morgan fingerprint density at radius 3 is 1.90 bits per heavy atom. The molecule has 0 atom stereocenters. The van der Waals surface area contributed by atoms with Gasteiger partial charge in [-0.3, -0.25) is 4.98 Å². The van der Waals surface area contributed by atoms with Gasteiger partial charge in [-0.25, -0.2) is 4.39 Å². The van der Waals surface area contributed by atoms with Gasteiger partial charge in [-0.05, 0) is 58.1 Å². The van der Waals surface area contributed by atoms with Crippen LogP contribution in [0.3, 0.4) is 0 Å². The van der Waals surface area contributed by atoms with Gasteiger partial charge in [0.25, 0.3) is 0 Å². The number of hydrogen-bond acceptors (Lipinski definition) is 2. The molecule has 2 aromatic heterocycles. The number of furan rings is 1. The third-order valence-electron chi connectivity index (χ3n) is 8.09. The van der Waals surface area contributed by atoms with E-state index in [0.29, 0.717) is 16.7 Å². The van der Waals surface area contributed by atoms with Gasteiger partial charge in [0, 0.05) is 22.5 Å². The Labute approximate surface area is 225 Å². The van der Waals surface area contributed by atoms with Crippen LogP contribution in [-0.4, -0.2) is 4.98 Å². The summed E-state index contributed by atoms with van der Waals surface area (Å²) in [5, 5.41) is 1.83. The van der Waals surface area contributed by atoms with Crippen molar-refractivity contribution in [3.05, 3.63) is 162 Å². The van der Waals surface area contributed by atoms with Crippen molar-refractivity contribution >= 4 is 21.9 Å². The molecule has 2 nitrogen and oxygen atoms in total. The molecule has 2 heterocycles. The van der Waals surface area contributed by atoms with Crippen molar-refractivity contribution in [1.82, 2.24) is 4.98 Å². The van der Waals surface area contributed by atoms with Crippen LogP contribution in [0, 0.1) is 5.82 Å². The molecule has 184 valence electrons. The van der Waals surface area contributed by atoms with Crippen molar-refractivity contribution in [3.8, 4) is 22.4 Å². The average Bonchev–Trinajstić information content (AvgIpc) is 3.52. The quantitative estimate of drug-likeness (QED) is 0.240. The number of pyridine rings is 1. The van der Waals surface area contributed by atoms with E-state index in [9.17, 15) is 0 Å². The van der Waals surface area contributed by atoms with Crippen molar-refractivity contribution < 1.29 is 8.81 Å². The molecule has 0 bridgehead atoms. The van der Waals surface area contributed by atoms with Crippen molar-refractivity contribution in [2.45, 2.75) is 5.41 Å². The molecule has 39 heavy (non-hydrogen) atoms. The number of halogens is 1. The minimum Gasteiger partial charge on any atom is -0.455 e. The number of benzene rings is 5. The first kappa shape index (κ1) is 22.0. The second kappa shape index (κ2) is 8.24. The van der Waals surface area contributed by atoms with Crippen LogP contribution in [-0.2, 0) is 5.41 Å². The highest BCUT2D eigenvalue weighted by molar-refractivity contribution is 6.11. The molecule has 8 rings (SSSR count). The molecule has 3 heteroatoms. The maximum absolute atomic E-state index is 16.6. The van der Waals surface area contributed by atoms with Crippen LogP contribution in [0.25, 0.3) is 44.3 Å². The van der Waals surface area contributed by atoms with Crippen molar-refractivity contribution in [3.63, 3.8) is 0 Å². The zero-order chi connectivity index (χ0) is 26.0. The summed E-state index contributed by atoms with van der Waals surface area (Å²) in [6.45, 7) is 0. The summed E-state index contributed by atoms with van der Waals surface area (Å²) in [7, 11) is 0. The first-order valence-electron chi connectivity index (χ1n) is 13.1. The van der Waals surface area contributed by atoms with Crippen LogP contribution in [0.2, 0.25) is 0 Å². The van der Waals surface area contributed by atoms with Gasteiger partial charge in [-0.2, -0.15) is 0 Å².